The Labute approximate surface area is 143 Å². The van der Waals surface area contributed by atoms with Crippen LogP contribution in [0, 0.1) is 5.82 Å². The molecule has 0 N–H and O–H groups in total. The molecular weight excluding hydrogens is 301 g/mol. The molecule has 2 nitrogen and oxygen atoms in total. The molecule has 3 rings (SSSR count). The van der Waals surface area contributed by atoms with Gasteiger partial charge in [0, 0.05) is 23.3 Å². The van der Waals surface area contributed by atoms with Gasteiger partial charge in [0.05, 0.1) is 7.11 Å². The number of ether oxygens (including phenoxy) is 1. The van der Waals surface area contributed by atoms with Crippen molar-refractivity contribution in [1.29, 1.82) is 0 Å². The summed E-state index contributed by atoms with van der Waals surface area (Å²) in [4.78, 5) is 2.34. The third-order valence-electron chi connectivity index (χ3n) is 4.98. The summed E-state index contributed by atoms with van der Waals surface area (Å²) in [6.45, 7) is 7.37. The molecule has 0 spiro atoms. The fourth-order valence-electron chi connectivity index (χ4n) is 3.94. The molecule has 1 heterocycles. The molecule has 0 fully saturated rings. The van der Waals surface area contributed by atoms with Crippen LogP contribution in [0.4, 0.5) is 10.1 Å². The summed E-state index contributed by atoms with van der Waals surface area (Å²) in [5.74, 6) is 0.668. The van der Waals surface area contributed by atoms with Crippen molar-refractivity contribution in [3.05, 3.63) is 71.2 Å². The molecule has 1 aliphatic heterocycles. The summed E-state index contributed by atoms with van der Waals surface area (Å²) in [5.41, 5.74) is 4.51. The van der Waals surface area contributed by atoms with E-state index in [4.69, 9.17) is 4.74 Å². The maximum atomic E-state index is 13.7. The Morgan fingerprint density at radius 2 is 2.00 bits per heavy atom. The van der Waals surface area contributed by atoms with Gasteiger partial charge in [-0.25, -0.2) is 4.39 Å². The largest absolute Gasteiger partial charge is 0.497 e. The van der Waals surface area contributed by atoms with E-state index >= 15 is 0 Å². The van der Waals surface area contributed by atoms with Gasteiger partial charge in [0.15, 0.2) is 0 Å². The van der Waals surface area contributed by atoms with Crippen LogP contribution in [0.2, 0.25) is 0 Å². The van der Waals surface area contributed by atoms with Crippen LogP contribution in [0.1, 0.15) is 31.9 Å². The number of hydrogen-bond donors (Lipinski definition) is 0. The average molecular weight is 325 g/mol. The van der Waals surface area contributed by atoms with E-state index in [1.54, 1.807) is 19.2 Å². The molecule has 0 saturated heterocycles. The van der Waals surface area contributed by atoms with E-state index in [0.717, 1.165) is 24.3 Å². The van der Waals surface area contributed by atoms with E-state index in [1.165, 1.54) is 23.0 Å². The van der Waals surface area contributed by atoms with Crippen molar-refractivity contribution in [2.45, 2.75) is 32.6 Å². The number of allylic oxidation sites excluding steroid dienone is 2. The second kappa shape index (κ2) is 6.31. The van der Waals surface area contributed by atoms with Gasteiger partial charge in [-0.2, -0.15) is 0 Å². The average Bonchev–Trinajstić information content (AvgIpc) is 2.81. The second-order valence-corrected chi connectivity index (χ2v) is 6.44. The maximum absolute atomic E-state index is 13.7. The molecule has 2 aromatic rings. The number of halogens is 1. The van der Waals surface area contributed by atoms with Crippen LogP contribution in [0.3, 0.4) is 0 Å². The lowest BCUT2D eigenvalue weighted by Crippen LogP contribution is -2.30. The quantitative estimate of drug-likeness (QED) is 0.777. The summed E-state index contributed by atoms with van der Waals surface area (Å²) in [6.07, 6.45) is 2.93. The monoisotopic (exact) mass is 325 g/mol. The summed E-state index contributed by atoms with van der Waals surface area (Å²) in [7, 11) is 1.69. The summed E-state index contributed by atoms with van der Waals surface area (Å²) >= 11 is 0. The van der Waals surface area contributed by atoms with Gasteiger partial charge in [-0.05, 0) is 68.7 Å². The Morgan fingerprint density at radius 3 is 2.62 bits per heavy atom. The molecule has 0 aromatic heterocycles. The van der Waals surface area contributed by atoms with Crippen molar-refractivity contribution < 1.29 is 9.13 Å². The standard InChI is InChI=1S/C21H24FNO/c1-5-20-21(3,14-15-8-7-9-16(22)12-15)18-13-17(24-4)10-11-19(18)23(20)6-2/h5,7-13H,6,14H2,1-4H3/b20-5-. The van der Waals surface area contributed by atoms with Crippen molar-refractivity contribution in [3.63, 3.8) is 0 Å². The van der Waals surface area contributed by atoms with E-state index in [9.17, 15) is 4.39 Å². The highest BCUT2D eigenvalue weighted by molar-refractivity contribution is 5.72. The highest BCUT2D eigenvalue weighted by atomic mass is 19.1. The van der Waals surface area contributed by atoms with Gasteiger partial charge in [0.2, 0.25) is 0 Å². The van der Waals surface area contributed by atoms with Crippen molar-refractivity contribution >= 4 is 5.69 Å². The van der Waals surface area contributed by atoms with Crippen molar-refractivity contribution in [3.8, 4) is 5.75 Å². The Morgan fingerprint density at radius 1 is 1.21 bits per heavy atom. The van der Waals surface area contributed by atoms with Crippen LogP contribution in [-0.2, 0) is 11.8 Å². The highest BCUT2D eigenvalue weighted by Crippen LogP contribution is 2.50. The lowest BCUT2D eigenvalue weighted by atomic mass is 9.76. The molecule has 1 atom stereocenters. The number of likely N-dealkylation sites (N-methyl/N-ethyl adjacent to an activating group) is 1. The third kappa shape index (κ3) is 2.58. The predicted molar refractivity (Wildman–Crippen MR) is 97.2 cm³/mol. The van der Waals surface area contributed by atoms with Crippen LogP contribution >= 0.6 is 0 Å². The van der Waals surface area contributed by atoms with Gasteiger partial charge in [0.25, 0.3) is 0 Å². The number of anilines is 1. The molecule has 24 heavy (non-hydrogen) atoms. The Bertz CT molecular complexity index is 783. The van der Waals surface area contributed by atoms with Crippen LogP contribution in [0.25, 0.3) is 0 Å². The molecule has 3 heteroatoms. The smallest absolute Gasteiger partial charge is 0.123 e. The molecule has 0 aliphatic carbocycles. The zero-order chi connectivity index (χ0) is 17.3. The van der Waals surface area contributed by atoms with Gasteiger partial charge in [0.1, 0.15) is 11.6 Å². The van der Waals surface area contributed by atoms with Gasteiger partial charge < -0.3 is 9.64 Å². The second-order valence-electron chi connectivity index (χ2n) is 6.44. The van der Waals surface area contributed by atoms with Crippen molar-refractivity contribution in [1.82, 2.24) is 0 Å². The van der Waals surface area contributed by atoms with Gasteiger partial charge >= 0.3 is 0 Å². The minimum atomic E-state index is -0.206. The number of fused-ring (bicyclic) bond motifs is 1. The maximum Gasteiger partial charge on any atom is 0.123 e. The highest BCUT2D eigenvalue weighted by Gasteiger charge is 2.43. The fraction of sp³-hybridized carbons (Fsp3) is 0.333. The van der Waals surface area contributed by atoms with E-state index in [2.05, 4.69) is 43.9 Å². The number of benzene rings is 2. The lowest BCUT2D eigenvalue weighted by Gasteiger charge is -2.30. The molecule has 0 amide bonds. The molecule has 1 unspecified atom stereocenters. The molecular formula is C21H24FNO. The van der Waals surface area contributed by atoms with Crippen molar-refractivity contribution in [2.75, 3.05) is 18.6 Å². The summed E-state index contributed by atoms with van der Waals surface area (Å²) < 4.78 is 19.1. The predicted octanol–water partition coefficient (Wildman–Crippen LogP) is 5.08. The molecule has 126 valence electrons. The van der Waals surface area contributed by atoms with Gasteiger partial charge in [-0.15, -0.1) is 0 Å². The zero-order valence-electron chi connectivity index (χ0n) is 14.8. The normalized spacial score (nSPS) is 21.2. The van der Waals surface area contributed by atoms with Gasteiger partial charge in [-0.3, -0.25) is 0 Å². The number of hydrogen-bond acceptors (Lipinski definition) is 2. The first kappa shape index (κ1) is 16.6. The fourth-order valence-corrected chi connectivity index (χ4v) is 3.94. The van der Waals surface area contributed by atoms with Crippen LogP contribution in [0.15, 0.2) is 54.2 Å². The van der Waals surface area contributed by atoms with Crippen LogP contribution in [0.5, 0.6) is 5.75 Å². The minimum Gasteiger partial charge on any atom is -0.497 e. The van der Waals surface area contributed by atoms with E-state index in [0.29, 0.717) is 0 Å². The first-order valence-corrected chi connectivity index (χ1v) is 8.40. The van der Waals surface area contributed by atoms with Crippen LogP contribution < -0.4 is 9.64 Å². The SMILES string of the molecule is C/C=C1\N(CC)c2ccc(OC)cc2C1(C)Cc1cccc(F)c1. The number of nitrogens with zero attached hydrogens (tertiary/aromatic N) is 1. The molecule has 0 saturated carbocycles. The minimum absolute atomic E-state index is 0.186. The summed E-state index contributed by atoms with van der Waals surface area (Å²) in [6, 6.07) is 13.1. The molecule has 1 aliphatic rings. The third-order valence-corrected chi connectivity index (χ3v) is 4.98. The Balaban J connectivity index is 2.14. The van der Waals surface area contributed by atoms with Crippen LogP contribution in [-0.4, -0.2) is 13.7 Å². The van der Waals surface area contributed by atoms with E-state index in [1.807, 2.05) is 12.1 Å². The van der Waals surface area contributed by atoms with E-state index < -0.39 is 0 Å². The molecule has 0 bridgehead atoms. The Kier molecular flexibility index (Phi) is 4.35. The first-order chi connectivity index (χ1) is 11.5. The number of methoxy groups -OCH3 is 1. The van der Waals surface area contributed by atoms with Crippen molar-refractivity contribution in [2.24, 2.45) is 0 Å². The topological polar surface area (TPSA) is 12.5 Å². The van der Waals surface area contributed by atoms with Gasteiger partial charge in [-0.1, -0.05) is 18.2 Å². The first-order valence-electron chi connectivity index (χ1n) is 8.40. The molecule has 0 radical (unpaired) electrons. The zero-order valence-corrected chi connectivity index (χ0v) is 14.8. The van der Waals surface area contributed by atoms with E-state index in [-0.39, 0.29) is 11.2 Å². The number of rotatable bonds is 4. The lowest BCUT2D eigenvalue weighted by molar-refractivity contribution is 0.413. The Hall–Kier alpha value is -2.29. The summed E-state index contributed by atoms with van der Waals surface area (Å²) in [5, 5.41) is 0. The molecule has 2 aromatic carbocycles.